The Morgan fingerprint density at radius 3 is 1.31 bits per heavy atom. The van der Waals surface area contributed by atoms with E-state index in [0.717, 1.165) is 6.54 Å². The van der Waals surface area contributed by atoms with E-state index in [4.69, 9.17) is 0 Å². The number of hydrogen-bond donors (Lipinski definition) is 0. The van der Waals surface area contributed by atoms with Crippen LogP contribution in [0.1, 0.15) is 51.4 Å². The lowest BCUT2D eigenvalue weighted by molar-refractivity contribution is 0.827. The molecular weight excluding hydrogens is 542 g/mol. The SMILES string of the molecule is CCn1c2ccc(C=C(c3ccccc3)c3ccccc3)cc2c2cc(C=C(c3cccc(C)c3)c3cccc(C)c3)ccc21. The largest absolute Gasteiger partial charge is 0.341 e. The highest BCUT2D eigenvalue weighted by molar-refractivity contribution is 6.10. The minimum atomic E-state index is 0.918. The van der Waals surface area contributed by atoms with Crippen molar-refractivity contribution in [3.05, 3.63) is 190 Å². The molecule has 0 spiro atoms. The average Bonchev–Trinajstić information content (AvgIpc) is 3.39. The number of nitrogens with zero attached hydrogens (tertiary/aromatic N) is 1. The Morgan fingerprint density at radius 1 is 0.467 bits per heavy atom. The molecule has 0 atom stereocenters. The lowest BCUT2D eigenvalue weighted by Crippen LogP contribution is -1.93. The van der Waals surface area contributed by atoms with Gasteiger partial charge in [0.05, 0.1) is 0 Å². The van der Waals surface area contributed by atoms with E-state index in [1.54, 1.807) is 0 Å². The van der Waals surface area contributed by atoms with E-state index in [1.165, 1.54) is 77.5 Å². The Bertz CT molecular complexity index is 2100. The third kappa shape index (κ3) is 5.78. The van der Waals surface area contributed by atoms with Crippen LogP contribution in [0.15, 0.2) is 146 Å². The highest BCUT2D eigenvalue weighted by Crippen LogP contribution is 2.35. The fourth-order valence-electron chi connectivity index (χ4n) is 6.52. The lowest BCUT2D eigenvalue weighted by atomic mass is 9.93. The summed E-state index contributed by atoms with van der Waals surface area (Å²) in [6, 6.07) is 52.9. The Balaban J connectivity index is 1.41. The molecule has 0 saturated carbocycles. The molecule has 1 heterocycles. The highest BCUT2D eigenvalue weighted by Gasteiger charge is 2.13. The van der Waals surface area contributed by atoms with E-state index < -0.39 is 0 Å². The van der Waals surface area contributed by atoms with Crippen LogP contribution in [0, 0.1) is 13.8 Å². The maximum absolute atomic E-state index is 2.43. The molecule has 1 aromatic heterocycles. The lowest BCUT2D eigenvalue weighted by Gasteiger charge is -2.11. The molecule has 7 aromatic rings. The summed E-state index contributed by atoms with van der Waals surface area (Å²) in [5.41, 5.74) is 14.8. The molecule has 45 heavy (non-hydrogen) atoms. The predicted molar refractivity (Wildman–Crippen MR) is 194 cm³/mol. The molecule has 7 rings (SSSR count). The van der Waals surface area contributed by atoms with Gasteiger partial charge in [0, 0.05) is 28.4 Å². The Morgan fingerprint density at radius 2 is 0.889 bits per heavy atom. The van der Waals surface area contributed by atoms with E-state index in [1.807, 2.05) is 0 Å². The first kappa shape index (κ1) is 28.4. The summed E-state index contributed by atoms with van der Waals surface area (Å²) < 4.78 is 2.43. The molecule has 0 aliphatic rings. The van der Waals surface area contributed by atoms with Crippen molar-refractivity contribution in [2.75, 3.05) is 0 Å². The van der Waals surface area contributed by atoms with Gasteiger partial charge in [-0.3, -0.25) is 0 Å². The second-order valence-corrected chi connectivity index (χ2v) is 11.9. The van der Waals surface area contributed by atoms with Crippen LogP contribution in [0.5, 0.6) is 0 Å². The fourth-order valence-corrected chi connectivity index (χ4v) is 6.52. The van der Waals surface area contributed by atoms with Crippen molar-refractivity contribution in [3.63, 3.8) is 0 Å². The van der Waals surface area contributed by atoms with Gasteiger partial charge in [0.15, 0.2) is 0 Å². The molecule has 218 valence electrons. The van der Waals surface area contributed by atoms with E-state index in [9.17, 15) is 0 Å². The van der Waals surface area contributed by atoms with Gasteiger partial charge in [-0.25, -0.2) is 0 Å². The van der Waals surface area contributed by atoms with Crippen LogP contribution in [0.4, 0.5) is 0 Å². The maximum atomic E-state index is 2.43. The summed E-state index contributed by atoms with van der Waals surface area (Å²) in [6.07, 6.45) is 4.68. The van der Waals surface area contributed by atoms with Crippen molar-refractivity contribution in [2.24, 2.45) is 0 Å². The topological polar surface area (TPSA) is 4.93 Å². The van der Waals surface area contributed by atoms with E-state index in [-0.39, 0.29) is 0 Å². The normalized spacial score (nSPS) is 11.1. The minimum absolute atomic E-state index is 0.918. The molecule has 0 fully saturated rings. The van der Waals surface area contributed by atoms with E-state index in [0.29, 0.717) is 0 Å². The van der Waals surface area contributed by atoms with E-state index in [2.05, 4.69) is 183 Å². The van der Waals surface area contributed by atoms with E-state index >= 15 is 0 Å². The summed E-state index contributed by atoms with van der Waals surface area (Å²) in [5, 5.41) is 2.56. The number of aryl methyl sites for hydroxylation is 3. The second kappa shape index (κ2) is 12.3. The molecule has 1 heteroatoms. The Labute approximate surface area is 266 Å². The predicted octanol–water partition coefficient (Wildman–Crippen LogP) is 11.6. The van der Waals surface area contributed by atoms with Gasteiger partial charge in [-0.2, -0.15) is 0 Å². The van der Waals surface area contributed by atoms with Crippen LogP contribution >= 0.6 is 0 Å². The van der Waals surface area contributed by atoms with Gasteiger partial charge in [0.2, 0.25) is 0 Å². The molecule has 0 saturated heterocycles. The van der Waals surface area contributed by atoms with Crippen molar-refractivity contribution < 1.29 is 0 Å². The van der Waals surface area contributed by atoms with Crippen LogP contribution in [0.3, 0.4) is 0 Å². The quantitative estimate of drug-likeness (QED) is 0.166. The smallest absolute Gasteiger partial charge is 0.0491 e. The molecule has 0 aliphatic heterocycles. The standard InChI is InChI=1S/C44H37N/c1-4-45-43-23-21-33(27-39(35-15-7-5-8-16-35)36-17-9-6-10-18-36)29-41(43)42-30-34(22-24-44(42)45)28-40(37-19-11-13-31(2)25-37)38-20-12-14-32(3)26-38/h5-30H,4H2,1-3H3. The first-order valence-corrected chi connectivity index (χ1v) is 15.8. The number of hydrogen-bond acceptors (Lipinski definition) is 0. The van der Waals surface area contributed by atoms with Crippen LogP contribution in [-0.2, 0) is 6.54 Å². The van der Waals surface area contributed by atoms with Gasteiger partial charge in [0.25, 0.3) is 0 Å². The summed E-state index contributed by atoms with van der Waals surface area (Å²) >= 11 is 0. The summed E-state index contributed by atoms with van der Waals surface area (Å²) in [5.74, 6) is 0. The second-order valence-electron chi connectivity index (χ2n) is 11.9. The van der Waals surface area contributed by atoms with Crippen molar-refractivity contribution in [1.29, 1.82) is 0 Å². The molecular formula is C44H37N. The van der Waals surface area contributed by atoms with Gasteiger partial charge < -0.3 is 4.57 Å². The van der Waals surface area contributed by atoms with Crippen molar-refractivity contribution >= 4 is 45.1 Å². The number of benzene rings is 6. The van der Waals surface area contributed by atoms with Gasteiger partial charge in [-0.15, -0.1) is 0 Å². The van der Waals surface area contributed by atoms with Crippen LogP contribution in [-0.4, -0.2) is 4.57 Å². The number of rotatable bonds is 7. The molecule has 0 bridgehead atoms. The van der Waals surface area contributed by atoms with Crippen LogP contribution < -0.4 is 0 Å². The van der Waals surface area contributed by atoms with Crippen molar-refractivity contribution in [3.8, 4) is 0 Å². The molecule has 0 aliphatic carbocycles. The monoisotopic (exact) mass is 579 g/mol. The molecule has 0 amide bonds. The Hall–Kier alpha value is -5.40. The zero-order valence-electron chi connectivity index (χ0n) is 26.2. The van der Waals surface area contributed by atoms with Crippen molar-refractivity contribution in [1.82, 2.24) is 4.57 Å². The van der Waals surface area contributed by atoms with Crippen LogP contribution in [0.25, 0.3) is 45.1 Å². The number of fused-ring (bicyclic) bond motifs is 3. The summed E-state index contributed by atoms with van der Waals surface area (Å²) in [6.45, 7) is 7.48. The minimum Gasteiger partial charge on any atom is -0.341 e. The highest BCUT2D eigenvalue weighted by atomic mass is 15.0. The van der Waals surface area contributed by atoms with Crippen LogP contribution in [0.2, 0.25) is 0 Å². The number of aromatic nitrogens is 1. The zero-order chi connectivity index (χ0) is 30.8. The summed E-state index contributed by atoms with van der Waals surface area (Å²) in [4.78, 5) is 0. The fraction of sp³-hybridized carbons (Fsp3) is 0.0909. The first-order valence-electron chi connectivity index (χ1n) is 15.8. The average molecular weight is 580 g/mol. The Kier molecular flexibility index (Phi) is 7.76. The third-order valence-electron chi connectivity index (χ3n) is 8.68. The maximum Gasteiger partial charge on any atom is 0.0491 e. The molecule has 1 nitrogen and oxygen atoms in total. The van der Waals surface area contributed by atoms with Gasteiger partial charge in [0.1, 0.15) is 0 Å². The van der Waals surface area contributed by atoms with Gasteiger partial charge >= 0.3 is 0 Å². The van der Waals surface area contributed by atoms with Crippen molar-refractivity contribution in [2.45, 2.75) is 27.3 Å². The molecule has 0 unspecified atom stereocenters. The van der Waals surface area contributed by atoms with Gasteiger partial charge in [-0.05, 0) is 102 Å². The summed E-state index contributed by atoms with van der Waals surface area (Å²) in [7, 11) is 0. The first-order chi connectivity index (χ1) is 22.1. The molecule has 6 aromatic carbocycles. The molecule has 0 radical (unpaired) electrons. The van der Waals surface area contributed by atoms with Gasteiger partial charge in [-0.1, -0.05) is 132 Å². The third-order valence-corrected chi connectivity index (χ3v) is 8.68. The zero-order valence-corrected chi connectivity index (χ0v) is 26.2. The molecule has 0 N–H and O–H groups in total.